The lowest BCUT2D eigenvalue weighted by Gasteiger charge is -2.03. The van der Waals surface area contributed by atoms with E-state index in [9.17, 15) is 4.79 Å². The Kier molecular flexibility index (Phi) is 2.87. The van der Waals surface area contributed by atoms with Crippen LogP contribution in [0, 0.1) is 0 Å². The zero-order valence-corrected chi connectivity index (χ0v) is 8.34. The summed E-state index contributed by atoms with van der Waals surface area (Å²) in [5.41, 5.74) is 6.74. The Morgan fingerprint density at radius 1 is 1.58 bits per heavy atom. The van der Waals surface area contributed by atoms with E-state index in [-0.39, 0.29) is 10.7 Å². The molecule has 0 aromatic heterocycles. The minimum atomic E-state index is -0.384. The monoisotopic (exact) mass is 227 g/mol. The summed E-state index contributed by atoms with van der Waals surface area (Å²) in [5.74, 6) is -0.384. The molecule has 3 heteroatoms. The van der Waals surface area contributed by atoms with Gasteiger partial charge >= 0.3 is 0 Å². The van der Waals surface area contributed by atoms with Crippen molar-refractivity contribution in [3.8, 4) is 0 Å². The summed E-state index contributed by atoms with van der Waals surface area (Å²) >= 11 is 3.41. The van der Waals surface area contributed by atoms with Gasteiger partial charge in [0, 0.05) is 10.4 Å². The number of rotatable bonds is 2. The average Bonchev–Trinajstić information content (AvgIpc) is 2.04. The van der Waals surface area contributed by atoms with E-state index in [4.69, 9.17) is 5.73 Å². The molecule has 12 heavy (non-hydrogen) atoms. The van der Waals surface area contributed by atoms with Crippen LogP contribution in [0.2, 0.25) is 0 Å². The van der Waals surface area contributed by atoms with Gasteiger partial charge in [-0.1, -0.05) is 28.1 Å². The Labute approximate surface area is 79.9 Å². The molecular weight excluding hydrogens is 218 g/mol. The highest BCUT2D eigenvalue weighted by molar-refractivity contribution is 9.09. The fourth-order valence-corrected chi connectivity index (χ4v) is 1.22. The second-order valence-electron chi connectivity index (χ2n) is 2.61. The molecule has 0 fully saturated rings. The molecule has 2 nitrogen and oxygen atoms in total. The molecule has 1 unspecified atom stereocenters. The van der Waals surface area contributed by atoms with Crippen LogP contribution in [0.4, 0.5) is 0 Å². The van der Waals surface area contributed by atoms with Crippen LogP contribution < -0.4 is 5.73 Å². The smallest absolute Gasteiger partial charge is 0.248 e. The van der Waals surface area contributed by atoms with E-state index in [2.05, 4.69) is 15.9 Å². The molecule has 64 valence electrons. The molecule has 0 aliphatic heterocycles. The lowest BCUT2D eigenvalue weighted by atomic mass is 10.1. The van der Waals surface area contributed by atoms with Gasteiger partial charge in [-0.2, -0.15) is 0 Å². The van der Waals surface area contributed by atoms with Crippen LogP contribution in [-0.4, -0.2) is 5.91 Å². The summed E-state index contributed by atoms with van der Waals surface area (Å²) < 4.78 is 0. The first-order chi connectivity index (χ1) is 5.61. The Morgan fingerprint density at radius 2 is 2.25 bits per heavy atom. The molecule has 1 aromatic rings. The predicted octanol–water partition coefficient (Wildman–Crippen LogP) is 2.24. The van der Waals surface area contributed by atoms with Crippen molar-refractivity contribution in [2.45, 2.75) is 11.8 Å². The van der Waals surface area contributed by atoms with Gasteiger partial charge in [0.05, 0.1) is 0 Å². The van der Waals surface area contributed by atoms with E-state index in [1.807, 2.05) is 19.1 Å². The number of nitrogens with two attached hydrogens (primary N) is 1. The van der Waals surface area contributed by atoms with Gasteiger partial charge < -0.3 is 5.73 Å². The number of hydrogen-bond donors (Lipinski definition) is 1. The molecule has 0 heterocycles. The molecule has 0 radical (unpaired) electrons. The van der Waals surface area contributed by atoms with Crippen molar-refractivity contribution in [2.75, 3.05) is 0 Å². The van der Waals surface area contributed by atoms with E-state index in [0.29, 0.717) is 5.56 Å². The van der Waals surface area contributed by atoms with Gasteiger partial charge in [0.25, 0.3) is 0 Å². The highest BCUT2D eigenvalue weighted by Gasteiger charge is 2.03. The van der Waals surface area contributed by atoms with Gasteiger partial charge in [0.15, 0.2) is 0 Å². The van der Waals surface area contributed by atoms with Crippen molar-refractivity contribution in [3.63, 3.8) is 0 Å². The minimum Gasteiger partial charge on any atom is -0.366 e. The van der Waals surface area contributed by atoms with E-state index >= 15 is 0 Å². The predicted molar refractivity (Wildman–Crippen MR) is 52.3 cm³/mol. The summed E-state index contributed by atoms with van der Waals surface area (Å²) in [6.45, 7) is 2.00. The van der Waals surface area contributed by atoms with Crippen molar-refractivity contribution in [2.24, 2.45) is 5.73 Å². The van der Waals surface area contributed by atoms with Crippen molar-refractivity contribution in [1.29, 1.82) is 0 Å². The van der Waals surface area contributed by atoms with E-state index in [1.165, 1.54) is 0 Å². The highest BCUT2D eigenvalue weighted by Crippen LogP contribution is 2.21. The fraction of sp³-hybridized carbons (Fsp3) is 0.222. The average molecular weight is 228 g/mol. The quantitative estimate of drug-likeness (QED) is 0.775. The topological polar surface area (TPSA) is 43.1 Å². The van der Waals surface area contributed by atoms with Crippen molar-refractivity contribution >= 4 is 21.8 Å². The fourth-order valence-electron chi connectivity index (χ4n) is 0.939. The second-order valence-corrected chi connectivity index (χ2v) is 3.98. The summed E-state index contributed by atoms with van der Waals surface area (Å²) in [7, 11) is 0. The zero-order valence-electron chi connectivity index (χ0n) is 6.75. The molecule has 0 bridgehead atoms. The van der Waals surface area contributed by atoms with Gasteiger partial charge in [-0.15, -0.1) is 0 Å². The Hall–Kier alpha value is -0.830. The van der Waals surface area contributed by atoms with Crippen LogP contribution in [0.5, 0.6) is 0 Å². The SMILES string of the molecule is CC(Br)c1cccc(C(N)=O)c1. The second kappa shape index (κ2) is 3.72. The van der Waals surface area contributed by atoms with Gasteiger partial charge in [-0.25, -0.2) is 0 Å². The third-order valence-corrected chi connectivity index (χ3v) is 2.16. The van der Waals surface area contributed by atoms with Gasteiger partial charge in [-0.05, 0) is 24.6 Å². The van der Waals surface area contributed by atoms with Crippen molar-refractivity contribution in [1.82, 2.24) is 0 Å². The van der Waals surface area contributed by atoms with Crippen molar-refractivity contribution in [3.05, 3.63) is 35.4 Å². The van der Waals surface area contributed by atoms with Crippen LogP contribution in [0.3, 0.4) is 0 Å². The molecule has 0 saturated heterocycles. The summed E-state index contributed by atoms with van der Waals surface area (Å²) in [5, 5.41) is 0. The Bertz CT molecular complexity index is 296. The van der Waals surface area contributed by atoms with E-state index in [0.717, 1.165) is 5.56 Å². The number of alkyl halides is 1. The number of carbonyl (C=O) groups is 1. The maximum absolute atomic E-state index is 10.8. The number of primary amides is 1. The van der Waals surface area contributed by atoms with E-state index < -0.39 is 0 Å². The molecule has 0 aliphatic rings. The first-order valence-electron chi connectivity index (χ1n) is 3.65. The molecule has 0 saturated carbocycles. The van der Waals surface area contributed by atoms with Crippen LogP contribution >= 0.6 is 15.9 Å². The Balaban J connectivity index is 3.04. The molecule has 0 spiro atoms. The normalized spacial score (nSPS) is 12.5. The molecule has 1 aromatic carbocycles. The first-order valence-corrected chi connectivity index (χ1v) is 4.56. The number of benzene rings is 1. The molecule has 2 N–H and O–H groups in total. The van der Waals surface area contributed by atoms with Crippen LogP contribution in [0.1, 0.15) is 27.7 Å². The van der Waals surface area contributed by atoms with Crippen molar-refractivity contribution < 1.29 is 4.79 Å². The first kappa shape index (κ1) is 9.26. The molecule has 0 aliphatic carbocycles. The van der Waals surface area contributed by atoms with Crippen LogP contribution in [0.15, 0.2) is 24.3 Å². The third kappa shape index (κ3) is 2.08. The number of hydrogen-bond acceptors (Lipinski definition) is 1. The molecule has 1 atom stereocenters. The maximum Gasteiger partial charge on any atom is 0.248 e. The lowest BCUT2D eigenvalue weighted by molar-refractivity contribution is 0.1000. The van der Waals surface area contributed by atoms with Gasteiger partial charge in [0.2, 0.25) is 5.91 Å². The van der Waals surface area contributed by atoms with Crippen LogP contribution in [0.25, 0.3) is 0 Å². The summed E-state index contributed by atoms with van der Waals surface area (Å²) in [6.07, 6.45) is 0. The summed E-state index contributed by atoms with van der Waals surface area (Å²) in [4.78, 5) is 11.0. The Morgan fingerprint density at radius 3 is 2.75 bits per heavy atom. The van der Waals surface area contributed by atoms with Gasteiger partial charge in [0.1, 0.15) is 0 Å². The number of amides is 1. The van der Waals surface area contributed by atoms with Crippen LogP contribution in [-0.2, 0) is 0 Å². The standard InChI is InChI=1S/C9H10BrNO/c1-6(10)7-3-2-4-8(5-7)9(11)12/h2-6H,1H3,(H2,11,12). The molecule has 1 rings (SSSR count). The van der Waals surface area contributed by atoms with Gasteiger partial charge in [-0.3, -0.25) is 4.79 Å². The highest BCUT2D eigenvalue weighted by atomic mass is 79.9. The largest absolute Gasteiger partial charge is 0.366 e. The molecular formula is C9H10BrNO. The minimum absolute atomic E-state index is 0.247. The summed E-state index contributed by atoms with van der Waals surface area (Å²) in [6, 6.07) is 7.28. The number of carbonyl (C=O) groups excluding carboxylic acids is 1. The lowest BCUT2D eigenvalue weighted by Crippen LogP contribution is -2.10. The van der Waals surface area contributed by atoms with E-state index in [1.54, 1.807) is 12.1 Å². The number of halogens is 1. The zero-order chi connectivity index (χ0) is 9.14. The molecule has 1 amide bonds. The maximum atomic E-state index is 10.8. The third-order valence-electron chi connectivity index (χ3n) is 1.63.